The van der Waals surface area contributed by atoms with Crippen LogP contribution in [0.3, 0.4) is 0 Å². The Kier molecular flexibility index (Phi) is 1.77. The van der Waals surface area contributed by atoms with Gasteiger partial charge in [-0.2, -0.15) is 0 Å². The summed E-state index contributed by atoms with van der Waals surface area (Å²) in [5.41, 5.74) is 0.980. The molecule has 0 atom stereocenters. The van der Waals surface area contributed by atoms with Gasteiger partial charge in [0.1, 0.15) is 6.54 Å². The van der Waals surface area contributed by atoms with E-state index in [4.69, 9.17) is 0 Å². The van der Waals surface area contributed by atoms with Gasteiger partial charge < -0.3 is 5.32 Å². The number of aromatic nitrogens is 2. The number of hydrogen-bond acceptors (Lipinski definition) is 4. The van der Waals surface area contributed by atoms with E-state index < -0.39 is 0 Å². The Labute approximate surface area is 74.9 Å². The lowest BCUT2D eigenvalue weighted by Gasteiger charge is -1.98. The van der Waals surface area contributed by atoms with Crippen LogP contribution in [0.5, 0.6) is 0 Å². The SMILES string of the molecule is Cc1cnc(C2=NCC(=O)N2)nc1. The van der Waals surface area contributed by atoms with Crippen molar-refractivity contribution in [2.45, 2.75) is 6.92 Å². The Hall–Kier alpha value is -1.78. The first-order valence-corrected chi connectivity index (χ1v) is 3.89. The smallest absolute Gasteiger partial charge is 0.247 e. The van der Waals surface area contributed by atoms with Gasteiger partial charge in [0.05, 0.1) is 0 Å². The number of nitrogens with zero attached hydrogens (tertiary/aromatic N) is 3. The number of carbonyl (C=O) groups excluding carboxylic acids is 1. The molecule has 0 aliphatic carbocycles. The van der Waals surface area contributed by atoms with Gasteiger partial charge in [-0.1, -0.05) is 0 Å². The van der Waals surface area contributed by atoms with Crippen molar-refractivity contribution in [1.82, 2.24) is 15.3 Å². The van der Waals surface area contributed by atoms with Gasteiger partial charge in [-0.3, -0.25) is 9.79 Å². The lowest BCUT2D eigenvalue weighted by atomic mass is 10.4. The highest BCUT2D eigenvalue weighted by atomic mass is 16.2. The summed E-state index contributed by atoms with van der Waals surface area (Å²) in [5.74, 6) is 0.820. The normalized spacial score (nSPS) is 15.5. The van der Waals surface area contributed by atoms with Crippen LogP contribution in [-0.4, -0.2) is 28.3 Å². The average Bonchev–Trinajstić information content (AvgIpc) is 2.53. The lowest BCUT2D eigenvalue weighted by molar-refractivity contribution is -0.117. The molecule has 1 aliphatic heterocycles. The van der Waals surface area contributed by atoms with Crippen LogP contribution in [0.25, 0.3) is 0 Å². The molecule has 2 rings (SSSR count). The third kappa shape index (κ3) is 1.53. The molecule has 1 aromatic heterocycles. The number of amides is 1. The third-order valence-electron chi connectivity index (χ3n) is 1.63. The van der Waals surface area contributed by atoms with Gasteiger partial charge in [-0.25, -0.2) is 9.97 Å². The van der Waals surface area contributed by atoms with Crippen LogP contribution in [0, 0.1) is 6.92 Å². The fourth-order valence-electron chi connectivity index (χ4n) is 1.00. The van der Waals surface area contributed by atoms with E-state index in [9.17, 15) is 4.79 Å². The Morgan fingerprint density at radius 1 is 1.38 bits per heavy atom. The molecule has 66 valence electrons. The average molecular weight is 176 g/mol. The standard InChI is InChI=1S/C8H8N4O/c1-5-2-9-7(10-3-5)8-11-4-6(13)12-8/h2-3H,4H2,1H3,(H,11,12,13). The first kappa shape index (κ1) is 7.85. The molecule has 1 N–H and O–H groups in total. The molecule has 13 heavy (non-hydrogen) atoms. The van der Waals surface area contributed by atoms with Crippen molar-refractivity contribution in [3.63, 3.8) is 0 Å². The molecular formula is C8H8N4O. The number of aliphatic imine (C=N–C) groups is 1. The van der Waals surface area contributed by atoms with Crippen LogP contribution in [0.15, 0.2) is 17.4 Å². The highest BCUT2D eigenvalue weighted by Crippen LogP contribution is 1.97. The summed E-state index contributed by atoms with van der Waals surface area (Å²) in [4.78, 5) is 22.8. The van der Waals surface area contributed by atoms with Crippen molar-refractivity contribution in [3.05, 3.63) is 23.8 Å². The van der Waals surface area contributed by atoms with E-state index in [0.29, 0.717) is 11.7 Å². The Morgan fingerprint density at radius 3 is 2.62 bits per heavy atom. The summed E-state index contributed by atoms with van der Waals surface area (Å²) in [6, 6.07) is 0. The highest BCUT2D eigenvalue weighted by Gasteiger charge is 2.16. The van der Waals surface area contributed by atoms with Gasteiger partial charge in [0.15, 0.2) is 11.7 Å². The molecule has 0 aromatic carbocycles. The molecule has 2 heterocycles. The molecule has 1 aliphatic rings. The number of amidine groups is 1. The van der Waals surface area contributed by atoms with Gasteiger partial charge >= 0.3 is 0 Å². The fourth-order valence-corrected chi connectivity index (χ4v) is 1.00. The van der Waals surface area contributed by atoms with Gasteiger partial charge in [0.25, 0.3) is 0 Å². The largest absolute Gasteiger partial charge is 0.306 e. The van der Waals surface area contributed by atoms with Gasteiger partial charge in [-0.15, -0.1) is 0 Å². The van der Waals surface area contributed by atoms with Crippen LogP contribution >= 0.6 is 0 Å². The summed E-state index contributed by atoms with van der Waals surface area (Å²) in [5, 5.41) is 2.58. The molecular weight excluding hydrogens is 168 g/mol. The molecule has 0 bridgehead atoms. The number of hydrogen-bond donors (Lipinski definition) is 1. The minimum Gasteiger partial charge on any atom is -0.306 e. The first-order chi connectivity index (χ1) is 6.25. The second kappa shape index (κ2) is 2.93. The number of aryl methyl sites for hydroxylation is 1. The molecule has 5 nitrogen and oxygen atoms in total. The maximum absolute atomic E-state index is 10.8. The molecule has 0 radical (unpaired) electrons. The zero-order valence-corrected chi connectivity index (χ0v) is 7.11. The molecule has 0 fully saturated rings. The second-order valence-corrected chi connectivity index (χ2v) is 2.80. The van der Waals surface area contributed by atoms with E-state index in [0.717, 1.165) is 5.56 Å². The zero-order chi connectivity index (χ0) is 9.26. The summed E-state index contributed by atoms with van der Waals surface area (Å²) in [7, 11) is 0. The minimum atomic E-state index is -0.112. The summed E-state index contributed by atoms with van der Waals surface area (Å²) >= 11 is 0. The van der Waals surface area contributed by atoms with E-state index in [1.54, 1.807) is 12.4 Å². The van der Waals surface area contributed by atoms with Gasteiger partial charge in [0, 0.05) is 12.4 Å². The second-order valence-electron chi connectivity index (χ2n) is 2.80. The van der Waals surface area contributed by atoms with Crippen molar-refractivity contribution in [2.24, 2.45) is 4.99 Å². The van der Waals surface area contributed by atoms with Crippen molar-refractivity contribution in [2.75, 3.05) is 6.54 Å². The van der Waals surface area contributed by atoms with E-state index in [1.807, 2.05) is 6.92 Å². The van der Waals surface area contributed by atoms with E-state index in [1.165, 1.54) is 0 Å². The quantitative estimate of drug-likeness (QED) is 0.636. The maximum atomic E-state index is 10.8. The van der Waals surface area contributed by atoms with Crippen LogP contribution in [0.2, 0.25) is 0 Å². The predicted octanol–water partition coefficient (Wildman–Crippen LogP) is -0.339. The summed E-state index contributed by atoms with van der Waals surface area (Å²) < 4.78 is 0. The monoisotopic (exact) mass is 176 g/mol. The van der Waals surface area contributed by atoms with Gasteiger partial charge in [-0.05, 0) is 12.5 Å². The molecule has 0 saturated heterocycles. The Morgan fingerprint density at radius 2 is 2.08 bits per heavy atom. The van der Waals surface area contributed by atoms with Gasteiger partial charge in [0.2, 0.25) is 5.91 Å². The molecule has 5 heteroatoms. The predicted molar refractivity (Wildman–Crippen MR) is 46.3 cm³/mol. The molecule has 0 unspecified atom stereocenters. The van der Waals surface area contributed by atoms with Crippen molar-refractivity contribution in [3.8, 4) is 0 Å². The number of carbonyl (C=O) groups is 1. The summed E-state index contributed by atoms with van der Waals surface area (Å²) in [6.45, 7) is 2.07. The Balaban J connectivity index is 2.27. The zero-order valence-electron chi connectivity index (χ0n) is 7.11. The number of rotatable bonds is 1. The van der Waals surface area contributed by atoms with Crippen molar-refractivity contribution < 1.29 is 4.79 Å². The van der Waals surface area contributed by atoms with Crippen molar-refractivity contribution in [1.29, 1.82) is 0 Å². The molecule has 0 saturated carbocycles. The van der Waals surface area contributed by atoms with Crippen LogP contribution in [-0.2, 0) is 4.79 Å². The minimum absolute atomic E-state index is 0.112. The Bertz CT molecular complexity index is 368. The van der Waals surface area contributed by atoms with Crippen LogP contribution < -0.4 is 5.32 Å². The van der Waals surface area contributed by atoms with Crippen LogP contribution in [0.1, 0.15) is 11.4 Å². The first-order valence-electron chi connectivity index (χ1n) is 3.89. The van der Waals surface area contributed by atoms with E-state index in [2.05, 4.69) is 20.3 Å². The highest BCUT2D eigenvalue weighted by molar-refractivity contribution is 6.10. The number of nitrogens with one attached hydrogen (secondary N) is 1. The lowest BCUT2D eigenvalue weighted by Crippen LogP contribution is -2.26. The molecule has 1 aromatic rings. The summed E-state index contributed by atoms with van der Waals surface area (Å²) in [6.07, 6.45) is 3.38. The third-order valence-corrected chi connectivity index (χ3v) is 1.63. The van der Waals surface area contributed by atoms with E-state index in [-0.39, 0.29) is 12.5 Å². The molecule has 1 amide bonds. The fraction of sp³-hybridized carbons (Fsp3) is 0.250. The van der Waals surface area contributed by atoms with Crippen molar-refractivity contribution >= 4 is 11.7 Å². The maximum Gasteiger partial charge on any atom is 0.247 e. The van der Waals surface area contributed by atoms with E-state index >= 15 is 0 Å². The topological polar surface area (TPSA) is 67.2 Å². The molecule has 0 spiro atoms. The van der Waals surface area contributed by atoms with Crippen LogP contribution in [0.4, 0.5) is 0 Å².